The predicted molar refractivity (Wildman–Crippen MR) is 78.7 cm³/mol. The molecule has 0 saturated heterocycles. The van der Waals surface area contributed by atoms with Crippen molar-refractivity contribution in [2.24, 2.45) is 0 Å². The summed E-state index contributed by atoms with van der Waals surface area (Å²) in [4.78, 5) is 27.6. The molecule has 1 aromatic carbocycles. The van der Waals surface area contributed by atoms with Crippen LogP contribution in [0, 0.1) is 6.92 Å². The number of carbonyl (C=O) groups excluding carboxylic acids is 1. The Morgan fingerprint density at radius 3 is 2.52 bits per heavy atom. The van der Waals surface area contributed by atoms with Gasteiger partial charge >= 0.3 is 5.69 Å². The summed E-state index contributed by atoms with van der Waals surface area (Å²) in [5.41, 5.74) is 1.67. The van der Waals surface area contributed by atoms with Gasteiger partial charge in [0.25, 0.3) is 0 Å². The smallest absolute Gasteiger partial charge is 0.340 e. The number of benzene rings is 1. The summed E-state index contributed by atoms with van der Waals surface area (Å²) in [6, 6.07) is 7.44. The first-order chi connectivity index (χ1) is 9.97. The van der Waals surface area contributed by atoms with E-state index in [1.165, 1.54) is 0 Å². The minimum Gasteiger partial charge on any atom is -0.347 e. The number of likely N-dealkylation sites (N-methyl/N-ethyl adjacent to an activating group) is 1. The third-order valence-electron chi connectivity index (χ3n) is 3.14. The Hall–Kier alpha value is -2.41. The number of aromatic nitrogens is 3. The molecule has 1 amide bonds. The van der Waals surface area contributed by atoms with Crippen LogP contribution >= 0.6 is 0 Å². The van der Waals surface area contributed by atoms with Crippen molar-refractivity contribution in [2.75, 3.05) is 14.1 Å². The number of amides is 1. The maximum absolute atomic E-state index is 12.4. The van der Waals surface area contributed by atoms with Gasteiger partial charge in [-0.15, -0.1) is 0 Å². The van der Waals surface area contributed by atoms with E-state index in [4.69, 9.17) is 0 Å². The summed E-state index contributed by atoms with van der Waals surface area (Å²) in [7, 11) is 3.70. The summed E-state index contributed by atoms with van der Waals surface area (Å²) < 4.78 is 0. The molecule has 2 rings (SSSR count). The Morgan fingerprint density at radius 2 is 2.00 bits per heavy atom. The van der Waals surface area contributed by atoms with Gasteiger partial charge in [-0.25, -0.2) is 9.89 Å². The molecule has 0 bridgehead atoms. The zero-order valence-electron chi connectivity index (χ0n) is 12.3. The first-order valence-corrected chi connectivity index (χ1v) is 6.61. The molecule has 21 heavy (non-hydrogen) atoms. The van der Waals surface area contributed by atoms with Crippen molar-refractivity contribution in [3.8, 4) is 0 Å². The van der Waals surface area contributed by atoms with Crippen molar-refractivity contribution < 1.29 is 4.79 Å². The van der Waals surface area contributed by atoms with Gasteiger partial charge in [-0.3, -0.25) is 14.7 Å². The SMILES string of the molecule is Cc1ccc([C@@H](C(=O)NCc2n[nH]c(=O)[nH]2)N(C)C)cc1. The van der Waals surface area contributed by atoms with Gasteiger partial charge in [0.2, 0.25) is 5.91 Å². The van der Waals surface area contributed by atoms with Crippen molar-refractivity contribution in [1.82, 2.24) is 25.4 Å². The summed E-state index contributed by atoms with van der Waals surface area (Å²) in [6.45, 7) is 2.18. The fourth-order valence-corrected chi connectivity index (χ4v) is 2.09. The van der Waals surface area contributed by atoms with Crippen LogP contribution in [0.3, 0.4) is 0 Å². The highest BCUT2D eigenvalue weighted by molar-refractivity contribution is 5.83. The minimum atomic E-state index is -0.392. The number of hydrogen-bond donors (Lipinski definition) is 3. The largest absolute Gasteiger partial charge is 0.347 e. The van der Waals surface area contributed by atoms with Crippen LogP contribution in [0.1, 0.15) is 23.0 Å². The number of hydrogen-bond acceptors (Lipinski definition) is 4. The van der Waals surface area contributed by atoms with Gasteiger partial charge < -0.3 is 5.32 Å². The van der Waals surface area contributed by atoms with Crippen molar-refractivity contribution in [3.63, 3.8) is 0 Å². The number of carbonyl (C=O) groups is 1. The van der Waals surface area contributed by atoms with Crippen LogP contribution in [0.4, 0.5) is 0 Å². The number of rotatable bonds is 5. The normalized spacial score (nSPS) is 12.4. The molecule has 0 aliphatic heterocycles. The molecule has 3 N–H and O–H groups in total. The molecule has 0 aliphatic carbocycles. The van der Waals surface area contributed by atoms with Gasteiger partial charge in [0.15, 0.2) is 0 Å². The molecule has 0 radical (unpaired) electrons. The van der Waals surface area contributed by atoms with Gasteiger partial charge in [-0.05, 0) is 26.6 Å². The minimum absolute atomic E-state index is 0.146. The quantitative estimate of drug-likeness (QED) is 0.739. The Bertz CT molecular complexity index is 657. The molecule has 7 nitrogen and oxygen atoms in total. The topological polar surface area (TPSA) is 93.9 Å². The summed E-state index contributed by atoms with van der Waals surface area (Å²) in [5, 5.41) is 8.79. The van der Waals surface area contributed by atoms with Gasteiger partial charge in [0.1, 0.15) is 11.9 Å². The molecule has 2 aromatic rings. The van der Waals surface area contributed by atoms with Gasteiger partial charge in [0.05, 0.1) is 6.54 Å². The third kappa shape index (κ3) is 3.79. The highest BCUT2D eigenvalue weighted by Gasteiger charge is 2.22. The van der Waals surface area contributed by atoms with Crippen molar-refractivity contribution in [2.45, 2.75) is 19.5 Å². The molecule has 0 aliphatic rings. The summed E-state index contributed by atoms with van der Waals surface area (Å²) in [5.74, 6) is 0.252. The van der Waals surface area contributed by atoms with E-state index < -0.39 is 6.04 Å². The van der Waals surface area contributed by atoms with E-state index in [1.807, 2.05) is 50.2 Å². The highest BCUT2D eigenvalue weighted by Crippen LogP contribution is 2.19. The molecule has 0 spiro atoms. The summed E-state index contributed by atoms with van der Waals surface area (Å²) >= 11 is 0. The van der Waals surface area contributed by atoms with Crippen LogP contribution in [0.15, 0.2) is 29.1 Å². The molecule has 1 aromatic heterocycles. The Labute approximate surface area is 122 Å². The van der Waals surface area contributed by atoms with Gasteiger partial charge in [-0.2, -0.15) is 5.10 Å². The zero-order chi connectivity index (χ0) is 15.4. The van der Waals surface area contributed by atoms with E-state index >= 15 is 0 Å². The lowest BCUT2D eigenvalue weighted by molar-refractivity contribution is -0.126. The lowest BCUT2D eigenvalue weighted by Gasteiger charge is -2.23. The lowest BCUT2D eigenvalue weighted by atomic mass is 10.0. The van der Waals surface area contributed by atoms with Gasteiger partial charge in [0, 0.05) is 0 Å². The molecule has 0 fully saturated rings. The highest BCUT2D eigenvalue weighted by atomic mass is 16.2. The molecular weight excluding hydrogens is 270 g/mol. The molecule has 7 heteroatoms. The third-order valence-corrected chi connectivity index (χ3v) is 3.14. The molecule has 1 atom stereocenters. The van der Waals surface area contributed by atoms with E-state index in [0.29, 0.717) is 5.82 Å². The number of aryl methyl sites for hydroxylation is 1. The number of nitrogens with zero attached hydrogens (tertiary/aromatic N) is 2. The molecule has 112 valence electrons. The first kappa shape index (κ1) is 15.0. The van der Waals surface area contributed by atoms with E-state index in [-0.39, 0.29) is 18.1 Å². The van der Waals surface area contributed by atoms with Gasteiger partial charge in [-0.1, -0.05) is 29.8 Å². The average Bonchev–Trinajstić information content (AvgIpc) is 2.84. The first-order valence-electron chi connectivity index (χ1n) is 6.61. The monoisotopic (exact) mass is 289 g/mol. The van der Waals surface area contributed by atoms with Crippen LogP contribution in [0.25, 0.3) is 0 Å². The Morgan fingerprint density at radius 1 is 1.33 bits per heavy atom. The van der Waals surface area contributed by atoms with E-state index in [0.717, 1.165) is 11.1 Å². The number of nitrogens with one attached hydrogen (secondary N) is 3. The Kier molecular flexibility index (Phi) is 4.54. The fourth-order valence-electron chi connectivity index (χ4n) is 2.09. The number of H-pyrrole nitrogens is 2. The van der Waals surface area contributed by atoms with Crippen LogP contribution in [-0.2, 0) is 11.3 Å². The van der Waals surface area contributed by atoms with Crippen molar-refractivity contribution in [3.05, 3.63) is 51.7 Å². The molecule has 1 heterocycles. The van der Waals surface area contributed by atoms with E-state index in [1.54, 1.807) is 0 Å². The molecule has 0 saturated carbocycles. The van der Waals surface area contributed by atoms with E-state index in [9.17, 15) is 9.59 Å². The Balaban J connectivity index is 2.08. The molecule has 0 unspecified atom stereocenters. The van der Waals surface area contributed by atoms with Crippen LogP contribution < -0.4 is 11.0 Å². The predicted octanol–water partition coefficient (Wildman–Crippen LogP) is 0.326. The molecular formula is C14H19N5O2. The van der Waals surface area contributed by atoms with E-state index in [2.05, 4.69) is 20.5 Å². The average molecular weight is 289 g/mol. The van der Waals surface area contributed by atoms with Crippen molar-refractivity contribution >= 4 is 5.91 Å². The summed E-state index contributed by atoms with van der Waals surface area (Å²) in [6.07, 6.45) is 0. The zero-order valence-corrected chi connectivity index (χ0v) is 12.3. The van der Waals surface area contributed by atoms with Crippen LogP contribution in [-0.4, -0.2) is 40.1 Å². The lowest BCUT2D eigenvalue weighted by Crippen LogP contribution is -2.37. The number of aromatic amines is 2. The van der Waals surface area contributed by atoms with Crippen LogP contribution in [0.5, 0.6) is 0 Å². The second kappa shape index (κ2) is 6.36. The maximum Gasteiger partial charge on any atom is 0.340 e. The standard InChI is InChI=1S/C14H19N5O2/c1-9-4-6-10(7-5-9)12(19(2)3)13(20)15-8-11-16-14(21)18-17-11/h4-7,12H,8H2,1-3H3,(H,15,20)(H2,16,17,18,21)/t12-/m0/s1. The second-order valence-corrected chi connectivity index (χ2v) is 5.12. The second-order valence-electron chi connectivity index (χ2n) is 5.12. The van der Waals surface area contributed by atoms with Crippen molar-refractivity contribution in [1.29, 1.82) is 0 Å². The maximum atomic E-state index is 12.4. The van der Waals surface area contributed by atoms with Crippen LogP contribution in [0.2, 0.25) is 0 Å². The fraction of sp³-hybridized carbons (Fsp3) is 0.357.